The van der Waals surface area contributed by atoms with Gasteiger partial charge in [-0.05, 0) is 36.1 Å². The molecule has 0 aliphatic heterocycles. The Bertz CT molecular complexity index is 482. The Balaban J connectivity index is 2.49. The van der Waals surface area contributed by atoms with E-state index in [-0.39, 0.29) is 0 Å². The molecule has 2 heteroatoms. The first-order valence-corrected chi connectivity index (χ1v) is 6.58. The van der Waals surface area contributed by atoms with Gasteiger partial charge < -0.3 is 5.11 Å². The molecule has 0 spiro atoms. The second-order valence-electron chi connectivity index (χ2n) is 5.02. The Morgan fingerprint density at radius 1 is 1.31 bits per heavy atom. The van der Waals surface area contributed by atoms with Crippen LogP contribution in [0.3, 0.4) is 0 Å². The molecule has 2 rings (SSSR count). The number of fused-ring (bicyclic) bond motifs is 1. The summed E-state index contributed by atoms with van der Waals surface area (Å²) in [4.78, 5) is 0. The van der Waals surface area contributed by atoms with Crippen LogP contribution in [0.1, 0.15) is 32.8 Å². The molecule has 0 bridgehead atoms. The third kappa shape index (κ3) is 2.13. The molecule has 0 radical (unpaired) electrons. The summed E-state index contributed by atoms with van der Waals surface area (Å²) in [5.41, 5.74) is 0.340. The van der Waals surface area contributed by atoms with Crippen LogP contribution in [-0.4, -0.2) is 5.11 Å². The minimum Gasteiger partial charge on any atom is -0.385 e. The normalized spacial score (nSPS) is 15.6. The summed E-state index contributed by atoms with van der Waals surface area (Å²) in [7, 11) is 0. The largest absolute Gasteiger partial charge is 0.385 e. The summed E-state index contributed by atoms with van der Waals surface area (Å²) < 4.78 is 1.22. The number of rotatable bonds is 3. The predicted octanol–water partition coefficient (Wildman–Crippen LogP) is 4.15. The minimum absolute atomic E-state index is 0.491. The van der Waals surface area contributed by atoms with Crippen molar-refractivity contribution >= 4 is 21.4 Å². The van der Waals surface area contributed by atoms with Gasteiger partial charge in [0.05, 0.1) is 5.60 Å². The number of aliphatic hydroxyl groups is 1. The molecule has 0 aliphatic carbocycles. The van der Waals surface area contributed by atoms with Crippen molar-refractivity contribution < 1.29 is 5.11 Å². The lowest BCUT2D eigenvalue weighted by atomic mass is 9.87. The molecule has 1 unspecified atom stereocenters. The average molecular weight is 234 g/mol. The molecule has 16 heavy (non-hydrogen) atoms. The van der Waals surface area contributed by atoms with Gasteiger partial charge in [-0.3, -0.25) is 0 Å². The fraction of sp³-hybridized carbons (Fsp3) is 0.429. The van der Waals surface area contributed by atoms with Crippen molar-refractivity contribution in [2.24, 2.45) is 5.92 Å². The molecular weight excluding hydrogens is 216 g/mol. The van der Waals surface area contributed by atoms with Crippen molar-refractivity contribution in [3.63, 3.8) is 0 Å². The van der Waals surface area contributed by atoms with Gasteiger partial charge in [0.1, 0.15) is 0 Å². The van der Waals surface area contributed by atoms with E-state index in [1.807, 2.05) is 19.1 Å². The third-order valence-electron chi connectivity index (χ3n) is 2.86. The van der Waals surface area contributed by atoms with Gasteiger partial charge in [0, 0.05) is 10.3 Å². The molecule has 1 N–H and O–H groups in total. The molecule has 1 nitrogen and oxygen atoms in total. The molecule has 2 aromatic rings. The fourth-order valence-corrected chi connectivity index (χ4v) is 3.36. The van der Waals surface area contributed by atoms with Crippen LogP contribution < -0.4 is 0 Å². The van der Waals surface area contributed by atoms with E-state index in [1.165, 1.54) is 10.1 Å². The van der Waals surface area contributed by atoms with E-state index in [4.69, 9.17) is 0 Å². The molecule has 1 heterocycles. The Kier molecular flexibility index (Phi) is 3.04. The molecular formula is C14H18OS. The zero-order valence-corrected chi connectivity index (χ0v) is 10.8. The third-order valence-corrected chi connectivity index (χ3v) is 3.83. The summed E-state index contributed by atoms with van der Waals surface area (Å²) in [5.74, 6) is 0.491. The maximum atomic E-state index is 10.6. The molecule has 0 saturated carbocycles. The molecule has 1 aromatic heterocycles. The molecule has 0 amide bonds. The molecule has 0 fully saturated rings. The molecule has 0 saturated heterocycles. The fourth-order valence-electron chi connectivity index (χ4n) is 2.32. The smallest absolute Gasteiger partial charge is 0.0884 e. The Morgan fingerprint density at radius 3 is 2.75 bits per heavy atom. The van der Waals surface area contributed by atoms with E-state index >= 15 is 0 Å². The van der Waals surface area contributed by atoms with Gasteiger partial charge in [0.25, 0.3) is 0 Å². The first-order chi connectivity index (χ1) is 7.50. The van der Waals surface area contributed by atoms with Crippen molar-refractivity contribution in [3.8, 4) is 0 Å². The van der Waals surface area contributed by atoms with Crippen molar-refractivity contribution in [2.75, 3.05) is 0 Å². The minimum atomic E-state index is -0.724. The Morgan fingerprint density at radius 2 is 2.06 bits per heavy atom. The summed E-state index contributed by atoms with van der Waals surface area (Å²) in [5, 5.41) is 13.9. The second-order valence-corrected chi connectivity index (χ2v) is 5.93. The van der Waals surface area contributed by atoms with Gasteiger partial charge in [-0.2, -0.15) is 0 Å². The van der Waals surface area contributed by atoms with Gasteiger partial charge >= 0.3 is 0 Å². The van der Waals surface area contributed by atoms with E-state index < -0.39 is 5.60 Å². The lowest BCUT2D eigenvalue weighted by Crippen LogP contribution is -2.23. The van der Waals surface area contributed by atoms with E-state index in [1.54, 1.807) is 11.3 Å². The van der Waals surface area contributed by atoms with Gasteiger partial charge in [-0.15, -0.1) is 11.3 Å². The van der Waals surface area contributed by atoms with Crippen LogP contribution in [0.15, 0.2) is 29.6 Å². The van der Waals surface area contributed by atoms with Crippen molar-refractivity contribution in [1.82, 2.24) is 0 Å². The average Bonchev–Trinajstić information content (AvgIpc) is 2.62. The van der Waals surface area contributed by atoms with Crippen LogP contribution in [0.4, 0.5) is 0 Å². The highest BCUT2D eigenvalue weighted by Gasteiger charge is 2.26. The summed E-state index contributed by atoms with van der Waals surface area (Å²) in [6.07, 6.45) is 0.796. The molecule has 1 aromatic carbocycles. The lowest BCUT2D eigenvalue weighted by Gasteiger charge is -2.26. The predicted molar refractivity (Wildman–Crippen MR) is 70.9 cm³/mol. The number of thiophene rings is 1. The maximum Gasteiger partial charge on any atom is 0.0884 e. The first kappa shape index (κ1) is 11.6. The van der Waals surface area contributed by atoms with Crippen LogP contribution in [0, 0.1) is 5.92 Å². The number of benzene rings is 1. The van der Waals surface area contributed by atoms with Crippen molar-refractivity contribution in [1.29, 1.82) is 0 Å². The maximum absolute atomic E-state index is 10.6. The Hall–Kier alpha value is -0.860. The first-order valence-electron chi connectivity index (χ1n) is 5.70. The van der Waals surface area contributed by atoms with Crippen molar-refractivity contribution in [2.45, 2.75) is 32.8 Å². The van der Waals surface area contributed by atoms with Gasteiger partial charge in [0.15, 0.2) is 0 Å². The highest BCUT2D eigenvalue weighted by Crippen LogP contribution is 2.35. The van der Waals surface area contributed by atoms with Crippen LogP contribution >= 0.6 is 11.3 Å². The van der Waals surface area contributed by atoms with Crippen LogP contribution in [-0.2, 0) is 5.60 Å². The van der Waals surface area contributed by atoms with Gasteiger partial charge in [-0.25, -0.2) is 0 Å². The lowest BCUT2D eigenvalue weighted by molar-refractivity contribution is 0.0365. The highest BCUT2D eigenvalue weighted by atomic mass is 32.1. The molecule has 0 aliphatic rings. The monoisotopic (exact) mass is 234 g/mol. The van der Waals surface area contributed by atoms with Gasteiger partial charge in [0.2, 0.25) is 0 Å². The summed E-state index contributed by atoms with van der Waals surface area (Å²) in [6.45, 7) is 6.20. The van der Waals surface area contributed by atoms with E-state index in [0.29, 0.717) is 5.92 Å². The summed E-state index contributed by atoms with van der Waals surface area (Å²) in [6, 6.07) is 8.27. The topological polar surface area (TPSA) is 20.2 Å². The van der Waals surface area contributed by atoms with Crippen LogP contribution in [0.2, 0.25) is 0 Å². The van der Waals surface area contributed by atoms with Crippen LogP contribution in [0.25, 0.3) is 10.1 Å². The van der Waals surface area contributed by atoms with E-state index in [9.17, 15) is 5.11 Å². The second kappa shape index (κ2) is 4.19. The quantitative estimate of drug-likeness (QED) is 0.845. The van der Waals surface area contributed by atoms with E-state index in [2.05, 4.69) is 31.4 Å². The van der Waals surface area contributed by atoms with Gasteiger partial charge in [-0.1, -0.05) is 32.0 Å². The zero-order chi connectivity index (χ0) is 11.8. The SMILES string of the molecule is CC(C)CC(C)(O)c1cccc2ccsc12. The molecule has 86 valence electrons. The molecule has 1 atom stereocenters. The summed E-state index contributed by atoms with van der Waals surface area (Å²) >= 11 is 1.71. The number of hydrogen-bond acceptors (Lipinski definition) is 2. The highest BCUT2D eigenvalue weighted by molar-refractivity contribution is 7.17. The number of hydrogen-bond donors (Lipinski definition) is 1. The van der Waals surface area contributed by atoms with E-state index in [0.717, 1.165) is 12.0 Å². The van der Waals surface area contributed by atoms with Crippen LogP contribution in [0.5, 0.6) is 0 Å². The Labute approximate surface area is 101 Å². The standard InChI is InChI=1S/C14H18OS/c1-10(2)9-14(3,15)12-6-4-5-11-7-8-16-13(11)12/h4-8,10,15H,9H2,1-3H3. The zero-order valence-electron chi connectivity index (χ0n) is 10.0. The van der Waals surface area contributed by atoms with Crippen molar-refractivity contribution in [3.05, 3.63) is 35.2 Å².